The number of amides is 2. The number of rotatable bonds is 6. The van der Waals surface area contributed by atoms with Crippen LogP contribution in [-0.2, 0) is 26.2 Å². The summed E-state index contributed by atoms with van der Waals surface area (Å²) in [7, 11) is -8.88. The summed E-state index contributed by atoms with van der Waals surface area (Å²) in [5.74, 6) is -1.19. The van der Waals surface area contributed by atoms with Gasteiger partial charge >= 0.3 is 17.1 Å². The van der Waals surface area contributed by atoms with Gasteiger partial charge in [0.2, 0.25) is 0 Å². The van der Waals surface area contributed by atoms with Gasteiger partial charge in [-0.25, -0.2) is 0 Å². The van der Waals surface area contributed by atoms with Gasteiger partial charge in [-0.1, -0.05) is 0 Å². The molecule has 0 bridgehead atoms. The Morgan fingerprint density at radius 2 is 1.21 bits per heavy atom. The summed E-state index contributed by atoms with van der Waals surface area (Å²) in [6.45, 7) is 0. The van der Waals surface area contributed by atoms with Crippen LogP contribution in [0.5, 0.6) is 0 Å². The Labute approximate surface area is 176 Å². The number of carbonyl (C=O) groups excluding carboxylic acids is 2. The average Bonchev–Trinajstić information content (AvgIpc) is 2.65. The van der Waals surface area contributed by atoms with Crippen LogP contribution in [0.1, 0.15) is 20.7 Å². The van der Waals surface area contributed by atoms with Gasteiger partial charge in [0.25, 0.3) is 11.8 Å². The quantitative estimate of drug-likeness (QED) is 0.278. The molecule has 0 saturated carbocycles. The number of carbonyl (C=O) groups is 2. The second kappa shape index (κ2) is 12.6. The van der Waals surface area contributed by atoms with E-state index in [1.807, 2.05) is 10.6 Å². The van der Waals surface area contributed by atoms with E-state index in [1.165, 1.54) is 36.9 Å². The molecule has 2 rings (SSSR count). The summed E-state index contributed by atoms with van der Waals surface area (Å²) < 4.78 is 20.6. The maximum atomic E-state index is 11.2. The van der Waals surface area contributed by atoms with Crippen LogP contribution in [0.3, 0.4) is 0 Å². The summed E-state index contributed by atoms with van der Waals surface area (Å²) >= 11 is 0. The molecule has 0 aliphatic carbocycles. The standard InChI is InChI=1S/2C7H9N2O4P.Fe/c2*10-7(9-5-14(11,12)13)6-2-1-3-8-4-6;/h2*1-4H,5H2,(H,9,10)(H2,11,12,13);/q;;+2/p-2. The summed E-state index contributed by atoms with van der Waals surface area (Å²) in [5.41, 5.74) is 0.474. The van der Waals surface area contributed by atoms with Crippen LogP contribution in [0, 0.1) is 0 Å². The molecular formula is C14H16FeN4O8P2. The normalized spacial score (nSPS) is 13.9. The van der Waals surface area contributed by atoms with Gasteiger partial charge < -0.3 is 39.3 Å². The minimum absolute atomic E-state index is 0. The first-order chi connectivity index (χ1) is 13.0. The van der Waals surface area contributed by atoms with E-state index < -0.39 is 39.6 Å². The van der Waals surface area contributed by atoms with Crippen molar-refractivity contribution in [2.75, 3.05) is 12.6 Å². The van der Waals surface area contributed by atoms with Crippen molar-refractivity contribution in [1.82, 2.24) is 20.6 Å². The van der Waals surface area contributed by atoms with Gasteiger partial charge in [-0.05, 0) is 24.3 Å². The first-order valence-electron chi connectivity index (χ1n) is 7.40. The fraction of sp³-hybridized carbons (Fsp3) is 0.143. The van der Waals surface area contributed by atoms with Gasteiger partial charge in [-0.3, -0.25) is 19.6 Å². The zero-order valence-electron chi connectivity index (χ0n) is 14.5. The molecule has 2 heterocycles. The smallest absolute Gasteiger partial charge is 0.777 e. The molecule has 0 radical (unpaired) electrons. The molecule has 29 heavy (non-hydrogen) atoms. The Morgan fingerprint density at radius 1 is 0.862 bits per heavy atom. The van der Waals surface area contributed by atoms with Crippen molar-refractivity contribution in [1.29, 1.82) is 0 Å². The van der Waals surface area contributed by atoms with Crippen LogP contribution in [-0.4, -0.2) is 44.1 Å². The SMILES string of the molecule is O=C(NCP(=O)([O-])O)c1cccnc1.O=C(NCP(=O)([O-])O)c1cccnc1.[Fe+2]. The predicted octanol–water partition coefficient (Wildman–Crippen LogP) is -1.37. The Kier molecular flexibility index (Phi) is 11.7. The fourth-order valence-corrected chi connectivity index (χ4v) is 2.23. The van der Waals surface area contributed by atoms with Crippen molar-refractivity contribution in [3.63, 3.8) is 0 Å². The van der Waals surface area contributed by atoms with E-state index >= 15 is 0 Å². The third-order valence-electron chi connectivity index (χ3n) is 2.73. The van der Waals surface area contributed by atoms with Crippen molar-refractivity contribution in [3.05, 3.63) is 60.2 Å². The van der Waals surface area contributed by atoms with E-state index in [2.05, 4.69) is 9.97 Å². The van der Waals surface area contributed by atoms with E-state index in [-0.39, 0.29) is 28.2 Å². The second-order valence-electron chi connectivity index (χ2n) is 5.09. The fourth-order valence-electron chi connectivity index (χ4n) is 1.54. The van der Waals surface area contributed by atoms with Gasteiger partial charge in [0.1, 0.15) is 0 Å². The third-order valence-corrected chi connectivity index (χ3v) is 3.84. The topological polar surface area (TPSA) is 205 Å². The van der Waals surface area contributed by atoms with E-state index in [0.717, 1.165) is 0 Å². The van der Waals surface area contributed by atoms with Gasteiger partial charge in [0.05, 0.1) is 23.7 Å². The molecule has 0 saturated heterocycles. The molecule has 2 atom stereocenters. The first kappa shape index (κ1) is 27.1. The van der Waals surface area contributed by atoms with E-state index in [9.17, 15) is 28.5 Å². The Hall–Kier alpha value is -1.94. The number of hydrogen-bond donors (Lipinski definition) is 4. The molecule has 2 amide bonds. The molecule has 12 nitrogen and oxygen atoms in total. The van der Waals surface area contributed by atoms with E-state index in [1.54, 1.807) is 12.1 Å². The zero-order valence-corrected chi connectivity index (χ0v) is 17.4. The maximum Gasteiger partial charge on any atom is 2.00 e. The number of hydrogen-bond acceptors (Lipinski definition) is 8. The third kappa shape index (κ3) is 13.0. The van der Waals surface area contributed by atoms with E-state index in [4.69, 9.17) is 9.79 Å². The molecule has 158 valence electrons. The monoisotopic (exact) mass is 486 g/mol. The molecule has 15 heteroatoms. The second-order valence-corrected chi connectivity index (χ2v) is 8.27. The van der Waals surface area contributed by atoms with Gasteiger partial charge in [0.15, 0.2) is 15.2 Å². The van der Waals surface area contributed by atoms with Crippen molar-refractivity contribution in [2.45, 2.75) is 0 Å². The number of nitrogens with one attached hydrogen (secondary N) is 2. The van der Waals surface area contributed by atoms with Crippen LogP contribution >= 0.6 is 15.2 Å². The molecular weight excluding hydrogens is 470 g/mol. The van der Waals surface area contributed by atoms with Crippen LogP contribution in [0.2, 0.25) is 0 Å². The van der Waals surface area contributed by atoms with Gasteiger partial charge in [0, 0.05) is 24.8 Å². The molecule has 0 fully saturated rings. The summed E-state index contributed by atoms with van der Waals surface area (Å²) in [6.07, 6.45) is 4.01. The maximum absolute atomic E-state index is 11.2. The minimum atomic E-state index is -4.44. The minimum Gasteiger partial charge on any atom is -0.777 e. The average molecular weight is 486 g/mol. The molecule has 0 aliphatic heterocycles. The van der Waals surface area contributed by atoms with Crippen molar-refractivity contribution < 1.29 is 55.4 Å². The molecule has 2 aromatic heterocycles. The van der Waals surface area contributed by atoms with Crippen LogP contribution in [0.4, 0.5) is 0 Å². The van der Waals surface area contributed by atoms with Crippen LogP contribution < -0.4 is 20.4 Å². The summed E-state index contributed by atoms with van der Waals surface area (Å²) in [6, 6.07) is 6.06. The Bertz CT molecular complexity index is 802. The van der Waals surface area contributed by atoms with Crippen molar-refractivity contribution in [3.8, 4) is 0 Å². The molecule has 0 aromatic carbocycles. The van der Waals surface area contributed by atoms with Crippen molar-refractivity contribution in [2.24, 2.45) is 0 Å². The number of nitrogens with zero attached hydrogens (tertiary/aromatic N) is 2. The molecule has 4 N–H and O–H groups in total. The zero-order chi connectivity index (χ0) is 21.2. The van der Waals surface area contributed by atoms with Gasteiger partial charge in [-0.2, -0.15) is 0 Å². The van der Waals surface area contributed by atoms with Crippen LogP contribution in [0.15, 0.2) is 49.1 Å². The molecule has 0 aliphatic rings. The molecule has 2 unspecified atom stereocenters. The predicted molar refractivity (Wildman–Crippen MR) is 92.8 cm³/mol. The number of aromatic nitrogens is 2. The van der Waals surface area contributed by atoms with Gasteiger partial charge in [-0.15, -0.1) is 0 Å². The summed E-state index contributed by atoms with van der Waals surface area (Å²) in [4.78, 5) is 67.1. The first-order valence-corrected chi connectivity index (χ1v) is 10.9. The molecule has 2 aromatic rings. The molecule has 0 spiro atoms. The largest absolute Gasteiger partial charge is 2.00 e. The summed E-state index contributed by atoms with van der Waals surface area (Å²) in [5, 5.41) is 4.07. The Morgan fingerprint density at radius 3 is 1.45 bits per heavy atom. The van der Waals surface area contributed by atoms with Crippen LogP contribution in [0.25, 0.3) is 0 Å². The Balaban J connectivity index is 0.000000523. The number of pyridine rings is 2. The van der Waals surface area contributed by atoms with E-state index in [0.29, 0.717) is 0 Å². The van der Waals surface area contributed by atoms with Crippen molar-refractivity contribution >= 4 is 27.0 Å².